The van der Waals surface area contributed by atoms with Gasteiger partial charge >= 0.3 is 0 Å². The van der Waals surface area contributed by atoms with Gasteiger partial charge in [-0.3, -0.25) is 0 Å². The average molecular weight is 231 g/mol. The Kier molecular flexibility index (Phi) is 3.00. The smallest absolute Gasteiger partial charge is 0.135 e. The van der Waals surface area contributed by atoms with E-state index in [1.54, 1.807) is 38.3 Å². The number of hydrogen-bond acceptors (Lipinski definition) is 2. The van der Waals surface area contributed by atoms with Crippen LogP contribution in [0.3, 0.4) is 0 Å². The predicted molar refractivity (Wildman–Crippen MR) is 67.5 cm³/mol. The van der Waals surface area contributed by atoms with Crippen LogP contribution in [0.25, 0.3) is 11.1 Å². The van der Waals surface area contributed by atoms with Crippen molar-refractivity contribution in [2.45, 2.75) is 6.92 Å². The standard InChI is InChI=1S/C14H14FNO/c1-9-13(16)8-7-12(14(9)15)10-3-5-11(17-2)6-4-10/h3-8H,16H2,1-2H3. The lowest BCUT2D eigenvalue weighted by Gasteiger charge is -2.08. The molecule has 0 amide bonds. The summed E-state index contributed by atoms with van der Waals surface area (Å²) < 4.78 is 19.1. The molecule has 0 saturated carbocycles. The van der Waals surface area contributed by atoms with Crippen LogP contribution in [-0.2, 0) is 0 Å². The highest BCUT2D eigenvalue weighted by atomic mass is 19.1. The van der Waals surface area contributed by atoms with Gasteiger partial charge in [0.25, 0.3) is 0 Å². The highest BCUT2D eigenvalue weighted by molar-refractivity contribution is 5.69. The number of methoxy groups -OCH3 is 1. The van der Waals surface area contributed by atoms with E-state index in [0.29, 0.717) is 16.8 Å². The molecule has 2 aromatic carbocycles. The van der Waals surface area contributed by atoms with Gasteiger partial charge in [-0.2, -0.15) is 0 Å². The van der Waals surface area contributed by atoms with Gasteiger partial charge in [0.05, 0.1) is 7.11 Å². The van der Waals surface area contributed by atoms with E-state index in [1.807, 2.05) is 12.1 Å². The van der Waals surface area contributed by atoms with Gasteiger partial charge < -0.3 is 10.5 Å². The van der Waals surface area contributed by atoms with Crippen molar-refractivity contribution in [1.82, 2.24) is 0 Å². The van der Waals surface area contributed by atoms with Crippen molar-refractivity contribution in [1.29, 1.82) is 0 Å². The van der Waals surface area contributed by atoms with Gasteiger partial charge in [0.2, 0.25) is 0 Å². The fraction of sp³-hybridized carbons (Fsp3) is 0.143. The van der Waals surface area contributed by atoms with Crippen LogP contribution < -0.4 is 10.5 Å². The van der Waals surface area contributed by atoms with Gasteiger partial charge in [0, 0.05) is 16.8 Å². The van der Waals surface area contributed by atoms with Crippen molar-refractivity contribution in [3.8, 4) is 16.9 Å². The summed E-state index contributed by atoms with van der Waals surface area (Å²) in [6, 6.07) is 10.7. The highest BCUT2D eigenvalue weighted by Gasteiger charge is 2.09. The molecule has 0 aliphatic heterocycles. The highest BCUT2D eigenvalue weighted by Crippen LogP contribution is 2.28. The summed E-state index contributed by atoms with van der Waals surface area (Å²) in [4.78, 5) is 0. The predicted octanol–water partition coefficient (Wildman–Crippen LogP) is 3.39. The summed E-state index contributed by atoms with van der Waals surface area (Å²) in [5, 5.41) is 0. The summed E-state index contributed by atoms with van der Waals surface area (Å²) >= 11 is 0. The molecular formula is C14H14FNO. The van der Waals surface area contributed by atoms with Crippen LogP contribution >= 0.6 is 0 Å². The minimum atomic E-state index is -0.268. The van der Waals surface area contributed by atoms with Crippen LogP contribution in [0.1, 0.15) is 5.56 Å². The van der Waals surface area contributed by atoms with Crippen LogP contribution in [0.4, 0.5) is 10.1 Å². The number of nitrogen functional groups attached to an aromatic ring is 1. The molecule has 0 spiro atoms. The number of ether oxygens (including phenoxy) is 1. The van der Waals surface area contributed by atoms with Gasteiger partial charge in [-0.15, -0.1) is 0 Å². The van der Waals surface area contributed by atoms with Crippen LogP contribution in [0.15, 0.2) is 36.4 Å². The summed E-state index contributed by atoms with van der Waals surface area (Å²) in [5.74, 6) is 0.483. The first-order valence-electron chi connectivity index (χ1n) is 5.32. The summed E-state index contributed by atoms with van der Waals surface area (Å²) in [5.41, 5.74) is 7.98. The minimum Gasteiger partial charge on any atom is -0.497 e. The van der Waals surface area contributed by atoms with Crippen LogP contribution in [0.5, 0.6) is 5.75 Å². The Hall–Kier alpha value is -2.03. The molecule has 0 aliphatic carbocycles. The average Bonchev–Trinajstić information content (AvgIpc) is 2.36. The molecule has 0 aliphatic rings. The second kappa shape index (κ2) is 4.45. The number of nitrogens with two attached hydrogens (primary N) is 1. The molecular weight excluding hydrogens is 217 g/mol. The van der Waals surface area contributed by atoms with Gasteiger partial charge in [-0.05, 0) is 36.8 Å². The molecule has 0 heterocycles. The Morgan fingerprint density at radius 2 is 1.71 bits per heavy atom. The number of anilines is 1. The third-order valence-electron chi connectivity index (χ3n) is 2.83. The molecule has 2 nitrogen and oxygen atoms in total. The van der Waals surface area contributed by atoms with Crippen molar-refractivity contribution in [3.05, 3.63) is 47.8 Å². The lowest BCUT2D eigenvalue weighted by molar-refractivity contribution is 0.415. The van der Waals surface area contributed by atoms with E-state index in [2.05, 4.69) is 0 Å². The minimum absolute atomic E-state index is 0.268. The van der Waals surface area contributed by atoms with Crippen molar-refractivity contribution in [2.24, 2.45) is 0 Å². The number of hydrogen-bond donors (Lipinski definition) is 1. The Labute approximate surface area is 99.8 Å². The monoisotopic (exact) mass is 231 g/mol. The van der Waals surface area contributed by atoms with Crippen molar-refractivity contribution in [3.63, 3.8) is 0 Å². The first-order chi connectivity index (χ1) is 8.13. The molecule has 2 aromatic rings. The van der Waals surface area contributed by atoms with Crippen LogP contribution in [0, 0.1) is 12.7 Å². The van der Waals surface area contributed by atoms with E-state index in [-0.39, 0.29) is 5.82 Å². The Morgan fingerprint density at radius 1 is 1.06 bits per heavy atom. The van der Waals surface area contributed by atoms with Crippen LogP contribution in [-0.4, -0.2) is 7.11 Å². The lowest BCUT2D eigenvalue weighted by Crippen LogP contribution is -1.95. The molecule has 0 unspecified atom stereocenters. The Morgan fingerprint density at radius 3 is 2.29 bits per heavy atom. The fourth-order valence-electron chi connectivity index (χ4n) is 1.69. The quantitative estimate of drug-likeness (QED) is 0.804. The van der Waals surface area contributed by atoms with Gasteiger partial charge in [-0.1, -0.05) is 12.1 Å². The third-order valence-corrected chi connectivity index (χ3v) is 2.83. The summed E-state index contributed by atoms with van der Waals surface area (Å²) in [6.45, 7) is 1.68. The lowest BCUT2D eigenvalue weighted by atomic mass is 10.0. The molecule has 0 atom stereocenters. The maximum atomic E-state index is 14.0. The zero-order valence-electron chi connectivity index (χ0n) is 9.83. The zero-order chi connectivity index (χ0) is 12.4. The number of rotatable bonds is 2. The van der Waals surface area contributed by atoms with E-state index in [0.717, 1.165) is 11.3 Å². The topological polar surface area (TPSA) is 35.2 Å². The Balaban J connectivity index is 2.49. The second-order valence-corrected chi connectivity index (χ2v) is 3.87. The van der Waals surface area contributed by atoms with E-state index in [4.69, 9.17) is 10.5 Å². The normalized spacial score (nSPS) is 10.3. The van der Waals surface area contributed by atoms with Crippen molar-refractivity contribution in [2.75, 3.05) is 12.8 Å². The van der Waals surface area contributed by atoms with Gasteiger partial charge in [-0.25, -0.2) is 4.39 Å². The summed E-state index contributed by atoms with van der Waals surface area (Å²) in [6.07, 6.45) is 0. The molecule has 2 N–H and O–H groups in total. The first-order valence-corrected chi connectivity index (χ1v) is 5.32. The SMILES string of the molecule is COc1ccc(-c2ccc(N)c(C)c2F)cc1. The molecule has 0 saturated heterocycles. The molecule has 17 heavy (non-hydrogen) atoms. The first kappa shape index (κ1) is 11.5. The maximum Gasteiger partial charge on any atom is 0.135 e. The van der Waals surface area contributed by atoms with E-state index >= 15 is 0 Å². The molecule has 0 bridgehead atoms. The van der Waals surface area contributed by atoms with E-state index < -0.39 is 0 Å². The molecule has 2 rings (SSSR count). The molecule has 0 fully saturated rings. The largest absolute Gasteiger partial charge is 0.497 e. The van der Waals surface area contributed by atoms with Gasteiger partial charge in [0.1, 0.15) is 11.6 Å². The van der Waals surface area contributed by atoms with E-state index in [1.165, 1.54) is 0 Å². The van der Waals surface area contributed by atoms with Crippen molar-refractivity contribution >= 4 is 5.69 Å². The zero-order valence-corrected chi connectivity index (χ0v) is 9.83. The third kappa shape index (κ3) is 2.09. The van der Waals surface area contributed by atoms with E-state index in [9.17, 15) is 4.39 Å². The fourth-order valence-corrected chi connectivity index (χ4v) is 1.69. The molecule has 0 radical (unpaired) electrons. The van der Waals surface area contributed by atoms with Crippen molar-refractivity contribution < 1.29 is 9.13 Å². The second-order valence-electron chi connectivity index (χ2n) is 3.87. The van der Waals surface area contributed by atoms with Crippen LogP contribution in [0.2, 0.25) is 0 Å². The molecule has 3 heteroatoms. The molecule has 0 aromatic heterocycles. The summed E-state index contributed by atoms with van der Waals surface area (Å²) in [7, 11) is 1.60. The Bertz CT molecular complexity index is 535. The maximum absolute atomic E-state index is 14.0. The number of halogens is 1. The number of benzene rings is 2. The van der Waals surface area contributed by atoms with Gasteiger partial charge in [0.15, 0.2) is 0 Å². The molecule has 88 valence electrons.